The number of rotatable bonds is 7. The second kappa shape index (κ2) is 9.04. The van der Waals surface area contributed by atoms with Gasteiger partial charge < -0.3 is 5.32 Å². The molecule has 0 aliphatic carbocycles. The molecular formula is C25H22N4O4. The first-order chi connectivity index (χ1) is 15.8. The number of nitrogens with one attached hydrogen (secondary N) is 1. The third-order valence-electron chi connectivity index (χ3n) is 5.43. The number of hydrogen-bond acceptors (Lipinski definition) is 6. The zero-order valence-corrected chi connectivity index (χ0v) is 18.2. The predicted octanol–water partition coefficient (Wildman–Crippen LogP) is 4.51. The van der Waals surface area contributed by atoms with Crippen molar-refractivity contribution in [3.05, 3.63) is 106 Å². The van der Waals surface area contributed by atoms with Gasteiger partial charge in [-0.15, -0.1) is 0 Å². The quantitative estimate of drug-likeness (QED) is 0.328. The highest BCUT2D eigenvalue weighted by molar-refractivity contribution is 6.36. The third kappa shape index (κ3) is 4.50. The standard InChI is InChI=1S/C25H22N4O4/c1-16(2)17-6-10-19(11-7-17)27-23-22(18-8-12-21(13-9-18)29(32)33)24(30)28(25(23)31)15-20-5-3-4-14-26-20/h3-14,16,27H,15H2,1-2H3. The Hall–Kier alpha value is -4.33. The molecule has 33 heavy (non-hydrogen) atoms. The van der Waals surface area contributed by atoms with Gasteiger partial charge in [0.25, 0.3) is 17.5 Å². The van der Waals surface area contributed by atoms with Gasteiger partial charge in [-0.05, 0) is 53.4 Å². The summed E-state index contributed by atoms with van der Waals surface area (Å²) in [6.07, 6.45) is 1.60. The molecule has 1 aliphatic rings. The number of carbonyl (C=O) groups is 2. The molecular weight excluding hydrogens is 420 g/mol. The van der Waals surface area contributed by atoms with E-state index in [1.54, 1.807) is 24.4 Å². The topological polar surface area (TPSA) is 105 Å². The summed E-state index contributed by atoms with van der Waals surface area (Å²) >= 11 is 0. The number of aromatic nitrogens is 1. The zero-order valence-electron chi connectivity index (χ0n) is 18.2. The molecule has 0 fully saturated rings. The first-order valence-corrected chi connectivity index (χ1v) is 10.5. The summed E-state index contributed by atoms with van der Waals surface area (Å²) in [5.41, 5.74) is 3.00. The number of pyridine rings is 1. The normalized spacial score (nSPS) is 13.7. The van der Waals surface area contributed by atoms with E-state index in [1.165, 1.54) is 24.3 Å². The molecule has 8 heteroatoms. The van der Waals surface area contributed by atoms with Crippen LogP contribution < -0.4 is 5.32 Å². The Balaban J connectivity index is 1.72. The Morgan fingerprint density at radius 1 is 0.970 bits per heavy atom. The number of benzene rings is 2. The number of amides is 2. The number of nitro groups is 1. The van der Waals surface area contributed by atoms with Crippen molar-refractivity contribution in [2.45, 2.75) is 26.3 Å². The van der Waals surface area contributed by atoms with Crippen molar-refractivity contribution in [1.82, 2.24) is 9.88 Å². The molecule has 8 nitrogen and oxygen atoms in total. The van der Waals surface area contributed by atoms with E-state index >= 15 is 0 Å². The average molecular weight is 442 g/mol. The molecule has 4 rings (SSSR count). The zero-order chi connectivity index (χ0) is 23.5. The molecule has 2 aromatic carbocycles. The van der Waals surface area contributed by atoms with Crippen molar-refractivity contribution in [2.75, 3.05) is 5.32 Å². The highest BCUT2D eigenvalue weighted by atomic mass is 16.6. The minimum atomic E-state index is -0.511. The van der Waals surface area contributed by atoms with Gasteiger partial charge in [0, 0.05) is 24.0 Å². The average Bonchev–Trinajstić information content (AvgIpc) is 3.04. The van der Waals surface area contributed by atoms with Crippen LogP contribution in [0.1, 0.15) is 36.6 Å². The van der Waals surface area contributed by atoms with E-state index in [0.29, 0.717) is 22.9 Å². The summed E-state index contributed by atoms with van der Waals surface area (Å²) < 4.78 is 0. The molecule has 0 bridgehead atoms. The van der Waals surface area contributed by atoms with Crippen molar-refractivity contribution < 1.29 is 14.5 Å². The summed E-state index contributed by atoms with van der Waals surface area (Å²) in [5, 5.41) is 14.1. The number of nitrogens with zero attached hydrogens (tertiary/aromatic N) is 3. The van der Waals surface area contributed by atoms with Gasteiger partial charge >= 0.3 is 0 Å². The number of carbonyl (C=O) groups excluding carboxylic acids is 2. The van der Waals surface area contributed by atoms with Crippen LogP contribution in [0.4, 0.5) is 11.4 Å². The number of non-ortho nitro benzene ring substituents is 1. The second-order valence-corrected chi connectivity index (χ2v) is 7.97. The third-order valence-corrected chi connectivity index (χ3v) is 5.43. The molecule has 1 N–H and O–H groups in total. The fourth-order valence-corrected chi connectivity index (χ4v) is 3.60. The van der Waals surface area contributed by atoms with Gasteiger partial charge in [-0.1, -0.05) is 32.0 Å². The lowest BCUT2D eigenvalue weighted by Crippen LogP contribution is -2.32. The van der Waals surface area contributed by atoms with Crippen LogP contribution in [0, 0.1) is 10.1 Å². The summed E-state index contributed by atoms with van der Waals surface area (Å²) in [5.74, 6) is -0.606. The lowest BCUT2D eigenvalue weighted by atomic mass is 10.0. The van der Waals surface area contributed by atoms with Crippen molar-refractivity contribution >= 4 is 28.8 Å². The lowest BCUT2D eigenvalue weighted by molar-refractivity contribution is -0.384. The maximum Gasteiger partial charge on any atom is 0.278 e. The Morgan fingerprint density at radius 2 is 1.67 bits per heavy atom. The molecule has 1 aromatic heterocycles. The highest BCUT2D eigenvalue weighted by Gasteiger charge is 2.39. The predicted molar refractivity (Wildman–Crippen MR) is 124 cm³/mol. The molecule has 0 radical (unpaired) electrons. The van der Waals surface area contributed by atoms with E-state index in [0.717, 1.165) is 10.5 Å². The number of anilines is 1. The lowest BCUT2D eigenvalue weighted by Gasteiger charge is -2.15. The number of hydrogen-bond donors (Lipinski definition) is 1. The van der Waals surface area contributed by atoms with Crippen LogP contribution in [-0.2, 0) is 16.1 Å². The van der Waals surface area contributed by atoms with Crippen molar-refractivity contribution in [3.63, 3.8) is 0 Å². The maximum atomic E-state index is 13.3. The molecule has 0 saturated heterocycles. The van der Waals surface area contributed by atoms with Crippen LogP contribution in [0.15, 0.2) is 78.6 Å². The van der Waals surface area contributed by atoms with Gasteiger partial charge in [0.2, 0.25) is 0 Å². The fraction of sp³-hybridized carbons (Fsp3) is 0.160. The molecule has 3 aromatic rings. The highest BCUT2D eigenvalue weighted by Crippen LogP contribution is 2.32. The molecule has 2 heterocycles. The van der Waals surface area contributed by atoms with Crippen molar-refractivity contribution in [1.29, 1.82) is 0 Å². The maximum absolute atomic E-state index is 13.3. The van der Waals surface area contributed by atoms with Crippen LogP contribution in [0.3, 0.4) is 0 Å². The Bertz CT molecular complexity index is 1230. The molecule has 166 valence electrons. The van der Waals surface area contributed by atoms with E-state index in [-0.39, 0.29) is 23.5 Å². The Morgan fingerprint density at radius 3 is 2.24 bits per heavy atom. The summed E-state index contributed by atoms with van der Waals surface area (Å²) in [6.45, 7) is 4.20. The largest absolute Gasteiger partial charge is 0.350 e. The van der Waals surface area contributed by atoms with Crippen LogP contribution in [0.2, 0.25) is 0 Å². The Kier molecular flexibility index (Phi) is 5.99. The van der Waals surface area contributed by atoms with Gasteiger partial charge in [0.05, 0.1) is 22.7 Å². The van der Waals surface area contributed by atoms with Gasteiger partial charge in [-0.2, -0.15) is 0 Å². The Labute approximate surface area is 190 Å². The SMILES string of the molecule is CC(C)c1ccc(NC2=C(c3ccc([N+](=O)[O-])cc3)C(=O)N(Cc3ccccn3)C2=O)cc1. The van der Waals surface area contributed by atoms with Crippen molar-refractivity contribution in [2.24, 2.45) is 0 Å². The van der Waals surface area contributed by atoms with Gasteiger partial charge in [-0.25, -0.2) is 0 Å². The molecule has 0 unspecified atom stereocenters. The summed E-state index contributed by atoms with van der Waals surface area (Å²) in [4.78, 5) is 42.5. The molecule has 0 atom stereocenters. The summed E-state index contributed by atoms with van der Waals surface area (Å²) in [7, 11) is 0. The van der Waals surface area contributed by atoms with Gasteiger partial charge in [0.1, 0.15) is 5.70 Å². The van der Waals surface area contributed by atoms with Crippen LogP contribution in [0.25, 0.3) is 5.57 Å². The van der Waals surface area contributed by atoms with Crippen LogP contribution >= 0.6 is 0 Å². The van der Waals surface area contributed by atoms with E-state index in [9.17, 15) is 19.7 Å². The van der Waals surface area contributed by atoms with E-state index in [2.05, 4.69) is 24.1 Å². The van der Waals surface area contributed by atoms with E-state index < -0.39 is 16.7 Å². The second-order valence-electron chi connectivity index (χ2n) is 7.97. The minimum Gasteiger partial charge on any atom is -0.350 e. The van der Waals surface area contributed by atoms with Gasteiger partial charge in [0.15, 0.2) is 0 Å². The number of imide groups is 1. The van der Waals surface area contributed by atoms with Crippen molar-refractivity contribution in [3.8, 4) is 0 Å². The first-order valence-electron chi connectivity index (χ1n) is 10.5. The molecule has 0 spiro atoms. The van der Waals surface area contributed by atoms with Crippen LogP contribution in [0.5, 0.6) is 0 Å². The fourth-order valence-electron chi connectivity index (χ4n) is 3.60. The smallest absolute Gasteiger partial charge is 0.278 e. The first kappa shape index (κ1) is 21.9. The molecule has 0 saturated carbocycles. The van der Waals surface area contributed by atoms with E-state index in [1.807, 2.05) is 24.3 Å². The monoisotopic (exact) mass is 442 g/mol. The number of nitro benzene ring substituents is 1. The van der Waals surface area contributed by atoms with Crippen LogP contribution in [-0.4, -0.2) is 26.6 Å². The summed E-state index contributed by atoms with van der Waals surface area (Å²) in [6, 6.07) is 18.5. The van der Waals surface area contributed by atoms with Gasteiger partial charge in [-0.3, -0.25) is 29.6 Å². The molecule has 1 aliphatic heterocycles. The van der Waals surface area contributed by atoms with E-state index in [4.69, 9.17) is 0 Å². The minimum absolute atomic E-state index is 0.0203. The molecule has 2 amide bonds.